The number of esters is 1. The highest BCUT2D eigenvalue weighted by atomic mass is 16.5. The van der Waals surface area contributed by atoms with Crippen LogP contribution in [-0.4, -0.2) is 29.8 Å². The van der Waals surface area contributed by atoms with E-state index >= 15 is 0 Å². The molecule has 1 aromatic rings. The van der Waals surface area contributed by atoms with E-state index in [-0.39, 0.29) is 18.6 Å². The van der Waals surface area contributed by atoms with Gasteiger partial charge in [-0.3, -0.25) is 14.4 Å². The fourth-order valence-electron chi connectivity index (χ4n) is 4.21. The molecule has 0 unspecified atom stereocenters. The van der Waals surface area contributed by atoms with Crippen molar-refractivity contribution in [2.24, 2.45) is 0 Å². The summed E-state index contributed by atoms with van der Waals surface area (Å²) < 4.78 is 5.00. The van der Waals surface area contributed by atoms with Crippen molar-refractivity contribution in [3.63, 3.8) is 0 Å². The van der Waals surface area contributed by atoms with Crippen LogP contribution in [0.4, 0.5) is 0 Å². The number of hydrogen-bond acceptors (Lipinski definition) is 5. The molecule has 1 saturated carbocycles. The second-order valence-electron chi connectivity index (χ2n) is 8.08. The van der Waals surface area contributed by atoms with Crippen LogP contribution in [0.1, 0.15) is 79.3 Å². The first-order valence-corrected chi connectivity index (χ1v) is 10.5. The summed E-state index contributed by atoms with van der Waals surface area (Å²) in [6, 6.07) is 7.99. The Bertz CT molecular complexity index is 819. The molecular formula is C23H28N2O4. The molecule has 6 heteroatoms. The molecule has 0 aromatic heterocycles. The Morgan fingerprint density at radius 2 is 1.72 bits per heavy atom. The minimum Gasteiger partial charge on any atom is -0.456 e. The van der Waals surface area contributed by atoms with Gasteiger partial charge in [0, 0.05) is 12.0 Å². The number of nitriles is 1. The highest BCUT2D eigenvalue weighted by molar-refractivity contribution is 5.97. The Kier molecular flexibility index (Phi) is 7.03. The zero-order valence-electron chi connectivity index (χ0n) is 16.8. The number of hydrogen-bond donors (Lipinski definition) is 1. The van der Waals surface area contributed by atoms with Gasteiger partial charge in [0.2, 0.25) is 0 Å². The van der Waals surface area contributed by atoms with E-state index in [0.29, 0.717) is 18.4 Å². The number of benzene rings is 1. The number of rotatable bonds is 7. The zero-order chi connectivity index (χ0) is 20.7. The van der Waals surface area contributed by atoms with Crippen molar-refractivity contribution in [1.82, 2.24) is 5.32 Å². The number of carbonyl (C=O) groups excluding carboxylic acids is 3. The Balaban J connectivity index is 1.42. The molecule has 2 aliphatic carbocycles. The van der Waals surface area contributed by atoms with Crippen molar-refractivity contribution >= 4 is 17.7 Å². The van der Waals surface area contributed by atoms with Crippen molar-refractivity contribution < 1.29 is 19.1 Å². The molecule has 0 atom stereocenters. The molecule has 29 heavy (non-hydrogen) atoms. The second kappa shape index (κ2) is 9.69. The number of aryl methyl sites for hydroxylation is 2. The number of carbonyl (C=O) groups is 3. The van der Waals surface area contributed by atoms with E-state index in [9.17, 15) is 19.6 Å². The number of amides is 1. The largest absolute Gasteiger partial charge is 0.456 e. The van der Waals surface area contributed by atoms with Gasteiger partial charge in [0.05, 0.1) is 12.5 Å². The summed E-state index contributed by atoms with van der Waals surface area (Å²) in [4.78, 5) is 36.4. The van der Waals surface area contributed by atoms with Crippen LogP contribution in [0.3, 0.4) is 0 Å². The number of fused-ring (bicyclic) bond motifs is 1. The third-order valence-electron chi connectivity index (χ3n) is 5.89. The van der Waals surface area contributed by atoms with Crippen molar-refractivity contribution in [2.75, 3.05) is 6.61 Å². The smallest absolute Gasteiger partial charge is 0.306 e. The molecule has 0 radical (unpaired) electrons. The van der Waals surface area contributed by atoms with E-state index in [1.807, 2.05) is 18.2 Å². The topological polar surface area (TPSA) is 96.3 Å². The average Bonchev–Trinajstić information content (AvgIpc) is 2.76. The Hall–Kier alpha value is -2.68. The van der Waals surface area contributed by atoms with E-state index in [0.717, 1.165) is 38.5 Å². The number of nitrogens with zero attached hydrogens (tertiary/aromatic N) is 1. The summed E-state index contributed by atoms with van der Waals surface area (Å²) in [5.74, 6) is -1.14. The van der Waals surface area contributed by atoms with E-state index < -0.39 is 24.0 Å². The Labute approximate surface area is 171 Å². The van der Waals surface area contributed by atoms with E-state index in [1.54, 1.807) is 0 Å². The maximum atomic E-state index is 12.4. The first kappa shape index (κ1) is 21.0. The molecule has 0 bridgehead atoms. The molecule has 1 amide bonds. The van der Waals surface area contributed by atoms with E-state index in [1.165, 1.54) is 17.5 Å². The number of ketones is 1. The molecule has 154 valence electrons. The lowest BCUT2D eigenvalue weighted by Crippen LogP contribution is -2.50. The lowest BCUT2D eigenvalue weighted by Gasteiger charge is -2.31. The molecule has 0 heterocycles. The molecule has 0 spiro atoms. The van der Waals surface area contributed by atoms with Gasteiger partial charge in [0.15, 0.2) is 12.4 Å². The third-order valence-corrected chi connectivity index (χ3v) is 5.89. The minimum absolute atomic E-state index is 0.0569. The molecule has 6 nitrogen and oxygen atoms in total. The maximum Gasteiger partial charge on any atom is 0.306 e. The van der Waals surface area contributed by atoms with Crippen molar-refractivity contribution in [1.29, 1.82) is 5.26 Å². The van der Waals surface area contributed by atoms with Crippen LogP contribution in [-0.2, 0) is 27.2 Å². The van der Waals surface area contributed by atoms with Gasteiger partial charge in [-0.1, -0.05) is 31.4 Å². The van der Waals surface area contributed by atoms with Gasteiger partial charge < -0.3 is 10.1 Å². The van der Waals surface area contributed by atoms with Gasteiger partial charge in [0.1, 0.15) is 5.54 Å². The SMILES string of the molecule is N#CC1(NC(=O)COC(=O)CCC(=O)c2ccc3c(c2)CCCC3)CCCCC1. The van der Waals surface area contributed by atoms with Crippen LogP contribution in [0.2, 0.25) is 0 Å². The predicted octanol–water partition coefficient (Wildman–Crippen LogP) is 3.41. The van der Waals surface area contributed by atoms with Gasteiger partial charge in [-0.2, -0.15) is 5.26 Å². The van der Waals surface area contributed by atoms with Crippen LogP contribution in [0.5, 0.6) is 0 Å². The van der Waals surface area contributed by atoms with Crippen LogP contribution in [0, 0.1) is 11.3 Å². The lowest BCUT2D eigenvalue weighted by atomic mass is 9.83. The van der Waals surface area contributed by atoms with Crippen LogP contribution in [0.15, 0.2) is 18.2 Å². The normalized spacial score (nSPS) is 17.5. The molecule has 0 aliphatic heterocycles. The summed E-state index contributed by atoms with van der Waals surface area (Å²) >= 11 is 0. The van der Waals surface area contributed by atoms with Crippen molar-refractivity contribution in [2.45, 2.75) is 76.2 Å². The van der Waals surface area contributed by atoms with Gasteiger partial charge in [-0.25, -0.2) is 0 Å². The summed E-state index contributed by atoms with van der Waals surface area (Å²) in [7, 11) is 0. The third kappa shape index (κ3) is 5.66. The minimum atomic E-state index is -0.843. The molecule has 2 aliphatic rings. The average molecular weight is 396 g/mol. The lowest BCUT2D eigenvalue weighted by molar-refractivity contribution is -0.148. The maximum absolute atomic E-state index is 12.4. The molecule has 3 rings (SSSR count). The molecule has 1 fully saturated rings. The monoisotopic (exact) mass is 396 g/mol. The first-order valence-electron chi connectivity index (χ1n) is 10.5. The summed E-state index contributed by atoms with van der Waals surface area (Å²) in [5, 5.41) is 12.1. The van der Waals surface area contributed by atoms with Crippen LogP contribution < -0.4 is 5.32 Å². The van der Waals surface area contributed by atoms with Gasteiger partial charge in [0.25, 0.3) is 5.91 Å². The van der Waals surface area contributed by atoms with E-state index in [2.05, 4.69) is 11.4 Å². The fraction of sp³-hybridized carbons (Fsp3) is 0.565. The Morgan fingerprint density at radius 3 is 2.45 bits per heavy atom. The summed E-state index contributed by atoms with van der Waals surface area (Å²) in [6.45, 7) is -0.421. The quantitative estimate of drug-likeness (QED) is 0.563. The van der Waals surface area contributed by atoms with Gasteiger partial charge >= 0.3 is 5.97 Å². The first-order chi connectivity index (χ1) is 14.0. The molecule has 1 N–H and O–H groups in total. The molecule has 1 aromatic carbocycles. The van der Waals surface area contributed by atoms with Gasteiger partial charge in [-0.05, 0) is 55.7 Å². The number of ether oxygens (including phenoxy) is 1. The highest BCUT2D eigenvalue weighted by Crippen LogP contribution is 2.27. The summed E-state index contributed by atoms with van der Waals surface area (Å²) in [5.41, 5.74) is 2.33. The molecular weight excluding hydrogens is 368 g/mol. The number of nitrogens with one attached hydrogen (secondary N) is 1. The number of Topliss-reactive ketones (excluding diaryl/α,β-unsaturated/α-hetero) is 1. The fourth-order valence-corrected chi connectivity index (χ4v) is 4.21. The summed E-state index contributed by atoms with van der Waals surface area (Å²) in [6.07, 6.45) is 8.50. The van der Waals surface area contributed by atoms with Gasteiger partial charge in [-0.15, -0.1) is 0 Å². The van der Waals surface area contributed by atoms with Crippen molar-refractivity contribution in [3.05, 3.63) is 34.9 Å². The van der Waals surface area contributed by atoms with Crippen LogP contribution in [0.25, 0.3) is 0 Å². The van der Waals surface area contributed by atoms with Crippen LogP contribution >= 0.6 is 0 Å². The van der Waals surface area contributed by atoms with E-state index in [4.69, 9.17) is 4.74 Å². The Morgan fingerprint density at radius 1 is 1.00 bits per heavy atom. The highest BCUT2D eigenvalue weighted by Gasteiger charge is 2.33. The predicted molar refractivity (Wildman–Crippen MR) is 107 cm³/mol. The molecule has 0 saturated heterocycles. The van der Waals surface area contributed by atoms with Crippen molar-refractivity contribution in [3.8, 4) is 6.07 Å². The second-order valence-corrected chi connectivity index (χ2v) is 8.08. The standard InChI is InChI=1S/C23H28N2O4/c24-16-23(12-4-1-5-13-23)25-21(27)15-29-22(28)11-10-20(26)19-9-8-17-6-2-3-7-18(17)14-19/h8-9,14H,1-7,10-13,15H2,(H,25,27). The zero-order valence-corrected chi connectivity index (χ0v) is 16.8.